The van der Waals surface area contributed by atoms with Crippen LogP contribution in [0.5, 0.6) is 0 Å². The third-order valence-electron chi connectivity index (χ3n) is 3.83. The summed E-state index contributed by atoms with van der Waals surface area (Å²) in [6.07, 6.45) is 0.729. The van der Waals surface area contributed by atoms with Crippen molar-refractivity contribution in [2.24, 2.45) is 0 Å². The quantitative estimate of drug-likeness (QED) is 0.436. The van der Waals surface area contributed by atoms with Gasteiger partial charge < -0.3 is 8.94 Å². The van der Waals surface area contributed by atoms with Crippen LogP contribution in [0, 0.1) is 0 Å². The van der Waals surface area contributed by atoms with Gasteiger partial charge in [-0.3, -0.25) is 0 Å². The number of oxazole rings is 1. The van der Waals surface area contributed by atoms with Gasteiger partial charge in [0.15, 0.2) is 11.6 Å². The van der Waals surface area contributed by atoms with Crippen LogP contribution in [0.25, 0.3) is 22.6 Å². The van der Waals surface area contributed by atoms with Gasteiger partial charge in [0, 0.05) is 17.5 Å². The first-order chi connectivity index (χ1) is 12.8. The van der Waals surface area contributed by atoms with Crippen molar-refractivity contribution in [2.45, 2.75) is 24.3 Å². The van der Waals surface area contributed by atoms with E-state index in [2.05, 4.69) is 10.1 Å². The van der Waals surface area contributed by atoms with E-state index in [0.717, 1.165) is 29.0 Å². The average molecular weight is 363 g/mol. The summed E-state index contributed by atoms with van der Waals surface area (Å²) < 4.78 is 11.2. The Morgan fingerprint density at radius 3 is 2.23 bits per heavy atom. The smallest absolute Gasteiger partial charge is 0.257 e. The van der Waals surface area contributed by atoms with Crippen LogP contribution in [0.15, 0.2) is 74.8 Å². The maximum atomic E-state index is 6.08. The molecule has 6 heteroatoms. The zero-order valence-electron chi connectivity index (χ0n) is 14.3. The molecular weight excluding hydrogens is 346 g/mol. The molecule has 0 unspecified atom stereocenters. The van der Waals surface area contributed by atoms with E-state index < -0.39 is 0 Å². The SMILES string of the molecule is CCc1nc(CSc2nc(-c3ccccc3)c(-c3ccccc3)o2)no1. The molecule has 2 aromatic carbocycles. The van der Waals surface area contributed by atoms with Gasteiger partial charge in [-0.1, -0.05) is 84.5 Å². The fourth-order valence-corrected chi connectivity index (χ4v) is 3.23. The van der Waals surface area contributed by atoms with Crippen molar-refractivity contribution in [1.29, 1.82) is 0 Å². The van der Waals surface area contributed by atoms with Crippen LogP contribution in [0.2, 0.25) is 0 Å². The summed E-state index contributed by atoms with van der Waals surface area (Å²) in [5, 5.41) is 4.56. The van der Waals surface area contributed by atoms with E-state index in [1.807, 2.05) is 67.6 Å². The van der Waals surface area contributed by atoms with Gasteiger partial charge in [-0.25, -0.2) is 4.98 Å². The molecule has 2 heterocycles. The molecule has 0 aliphatic rings. The summed E-state index contributed by atoms with van der Waals surface area (Å²) in [4.78, 5) is 9.03. The normalized spacial score (nSPS) is 11.0. The third kappa shape index (κ3) is 3.55. The van der Waals surface area contributed by atoms with Gasteiger partial charge in [0.2, 0.25) is 5.89 Å². The minimum Gasteiger partial charge on any atom is -0.431 e. The van der Waals surface area contributed by atoms with Crippen LogP contribution in [0.3, 0.4) is 0 Å². The molecule has 0 amide bonds. The first-order valence-corrected chi connectivity index (χ1v) is 9.38. The number of aromatic nitrogens is 3. The van der Waals surface area contributed by atoms with Crippen molar-refractivity contribution < 1.29 is 8.94 Å². The lowest BCUT2D eigenvalue weighted by Crippen LogP contribution is -1.85. The molecule has 5 nitrogen and oxygen atoms in total. The second-order valence-corrected chi connectivity index (χ2v) is 6.56. The zero-order chi connectivity index (χ0) is 17.8. The van der Waals surface area contributed by atoms with E-state index in [1.54, 1.807) is 0 Å². The van der Waals surface area contributed by atoms with Gasteiger partial charge in [0.25, 0.3) is 5.22 Å². The highest BCUT2D eigenvalue weighted by atomic mass is 32.2. The molecular formula is C20H17N3O2S. The number of nitrogens with zero attached hydrogens (tertiary/aromatic N) is 3. The highest BCUT2D eigenvalue weighted by Gasteiger charge is 2.17. The molecule has 0 fully saturated rings. The van der Waals surface area contributed by atoms with Crippen molar-refractivity contribution in [3.05, 3.63) is 72.4 Å². The van der Waals surface area contributed by atoms with Crippen LogP contribution < -0.4 is 0 Å². The van der Waals surface area contributed by atoms with Crippen molar-refractivity contribution in [3.63, 3.8) is 0 Å². The van der Waals surface area contributed by atoms with Gasteiger partial charge in [-0.15, -0.1) is 0 Å². The summed E-state index contributed by atoms with van der Waals surface area (Å²) in [6, 6.07) is 20.1. The number of benzene rings is 2. The molecule has 0 saturated carbocycles. The van der Waals surface area contributed by atoms with E-state index in [-0.39, 0.29) is 0 Å². The molecule has 0 bridgehead atoms. The highest BCUT2D eigenvalue weighted by Crippen LogP contribution is 2.36. The van der Waals surface area contributed by atoms with E-state index in [0.29, 0.717) is 22.7 Å². The van der Waals surface area contributed by atoms with Crippen LogP contribution in [0.4, 0.5) is 0 Å². The largest absolute Gasteiger partial charge is 0.431 e. The Balaban J connectivity index is 1.65. The lowest BCUT2D eigenvalue weighted by Gasteiger charge is -2.00. The number of hydrogen-bond donors (Lipinski definition) is 0. The fourth-order valence-electron chi connectivity index (χ4n) is 2.56. The van der Waals surface area contributed by atoms with Crippen LogP contribution in [-0.2, 0) is 12.2 Å². The molecule has 0 spiro atoms. The molecule has 0 atom stereocenters. The summed E-state index contributed by atoms with van der Waals surface area (Å²) >= 11 is 1.46. The van der Waals surface area contributed by atoms with Crippen LogP contribution >= 0.6 is 11.8 Å². The van der Waals surface area contributed by atoms with Crippen LogP contribution in [0.1, 0.15) is 18.6 Å². The molecule has 4 rings (SSSR count). The van der Waals surface area contributed by atoms with Gasteiger partial charge >= 0.3 is 0 Å². The molecule has 2 aromatic heterocycles. The van der Waals surface area contributed by atoms with Crippen molar-refractivity contribution in [1.82, 2.24) is 15.1 Å². The molecule has 0 radical (unpaired) electrons. The third-order valence-corrected chi connectivity index (χ3v) is 4.65. The molecule has 0 N–H and O–H groups in total. The molecule has 4 aromatic rings. The van der Waals surface area contributed by atoms with Crippen molar-refractivity contribution in [3.8, 4) is 22.6 Å². The first-order valence-electron chi connectivity index (χ1n) is 8.39. The number of aryl methyl sites for hydroxylation is 1. The second-order valence-electron chi connectivity index (χ2n) is 5.64. The van der Waals surface area contributed by atoms with Crippen molar-refractivity contribution >= 4 is 11.8 Å². The van der Waals surface area contributed by atoms with Crippen LogP contribution in [-0.4, -0.2) is 15.1 Å². The van der Waals surface area contributed by atoms with Gasteiger partial charge in [-0.2, -0.15) is 4.98 Å². The maximum Gasteiger partial charge on any atom is 0.257 e. The topological polar surface area (TPSA) is 65.0 Å². The fraction of sp³-hybridized carbons (Fsp3) is 0.150. The predicted molar refractivity (Wildman–Crippen MR) is 101 cm³/mol. The van der Waals surface area contributed by atoms with E-state index in [4.69, 9.17) is 13.9 Å². The summed E-state index contributed by atoms with van der Waals surface area (Å²) in [5.74, 6) is 2.60. The van der Waals surface area contributed by atoms with E-state index in [9.17, 15) is 0 Å². The van der Waals surface area contributed by atoms with E-state index >= 15 is 0 Å². The molecule has 0 aliphatic heterocycles. The average Bonchev–Trinajstić information content (AvgIpc) is 3.35. The highest BCUT2D eigenvalue weighted by molar-refractivity contribution is 7.98. The van der Waals surface area contributed by atoms with Crippen molar-refractivity contribution in [2.75, 3.05) is 0 Å². The first kappa shape index (κ1) is 16.6. The Kier molecular flexibility index (Phi) is 4.84. The van der Waals surface area contributed by atoms with Gasteiger partial charge in [-0.05, 0) is 0 Å². The zero-order valence-corrected chi connectivity index (χ0v) is 15.1. The number of rotatable bonds is 6. The molecule has 0 aliphatic carbocycles. The Bertz CT molecular complexity index is 924. The minimum absolute atomic E-state index is 0.548. The van der Waals surface area contributed by atoms with Gasteiger partial charge in [0.1, 0.15) is 5.69 Å². The molecule has 130 valence electrons. The van der Waals surface area contributed by atoms with E-state index in [1.165, 1.54) is 11.8 Å². The van der Waals surface area contributed by atoms with Gasteiger partial charge in [0.05, 0.1) is 5.75 Å². The summed E-state index contributed by atoms with van der Waals surface area (Å²) in [6.45, 7) is 1.98. The predicted octanol–water partition coefficient (Wildman–Crippen LogP) is 5.25. The second kappa shape index (κ2) is 7.58. The molecule has 26 heavy (non-hydrogen) atoms. The Morgan fingerprint density at radius 2 is 1.58 bits per heavy atom. The Hall–Kier alpha value is -2.86. The summed E-state index contributed by atoms with van der Waals surface area (Å²) in [5.41, 5.74) is 2.86. The number of thioether (sulfide) groups is 1. The Morgan fingerprint density at radius 1 is 0.885 bits per heavy atom. The Labute approximate surface area is 155 Å². The summed E-state index contributed by atoms with van der Waals surface area (Å²) in [7, 11) is 0. The molecule has 0 saturated heterocycles. The number of hydrogen-bond acceptors (Lipinski definition) is 6. The standard InChI is InChI=1S/C20H17N3O2S/c1-2-17-21-16(23-25-17)13-26-20-22-18(14-9-5-3-6-10-14)19(24-20)15-11-7-4-8-12-15/h3-12H,2,13H2,1H3. The lowest BCUT2D eigenvalue weighted by atomic mass is 10.1. The minimum atomic E-state index is 0.548. The monoisotopic (exact) mass is 363 g/mol. The lowest BCUT2D eigenvalue weighted by molar-refractivity contribution is 0.378. The maximum absolute atomic E-state index is 6.08.